The average molecular weight is 199 g/mol. The second kappa shape index (κ2) is 6.41. The number of nitrogens with one attached hydrogen (secondary N) is 1. The van der Waals surface area contributed by atoms with E-state index in [0.717, 1.165) is 12.5 Å². The Morgan fingerprint density at radius 3 is 2.71 bits per heavy atom. The van der Waals surface area contributed by atoms with E-state index in [1.165, 1.54) is 38.5 Å². The molecule has 0 spiro atoms. The highest BCUT2D eigenvalue weighted by Crippen LogP contribution is 2.25. The van der Waals surface area contributed by atoms with Crippen LogP contribution >= 0.6 is 0 Å². The average Bonchev–Trinajstić information content (AvgIpc) is 2.39. The molecule has 0 saturated heterocycles. The standard InChI is InChI=1S/C12H25NO/c1-3-11-5-4-6-12(8-7-11)13-9-10(2)14/h10-14H,3-9H2,1-2H3. The maximum atomic E-state index is 9.19. The van der Waals surface area contributed by atoms with Crippen molar-refractivity contribution in [3.63, 3.8) is 0 Å². The summed E-state index contributed by atoms with van der Waals surface area (Å²) in [6, 6.07) is 0.654. The molecule has 0 aromatic carbocycles. The van der Waals surface area contributed by atoms with E-state index in [1.807, 2.05) is 6.92 Å². The Hall–Kier alpha value is -0.0800. The lowest BCUT2D eigenvalue weighted by Crippen LogP contribution is -2.34. The number of aliphatic hydroxyl groups excluding tert-OH is 1. The summed E-state index contributed by atoms with van der Waals surface area (Å²) < 4.78 is 0. The van der Waals surface area contributed by atoms with Crippen LogP contribution in [0.25, 0.3) is 0 Å². The molecule has 2 heteroatoms. The molecule has 84 valence electrons. The molecular formula is C12H25NO. The van der Waals surface area contributed by atoms with E-state index in [2.05, 4.69) is 12.2 Å². The van der Waals surface area contributed by atoms with Crippen LogP contribution in [0.2, 0.25) is 0 Å². The van der Waals surface area contributed by atoms with E-state index in [0.29, 0.717) is 6.04 Å². The molecular weight excluding hydrogens is 174 g/mol. The van der Waals surface area contributed by atoms with Gasteiger partial charge in [-0.15, -0.1) is 0 Å². The quantitative estimate of drug-likeness (QED) is 0.681. The molecule has 0 bridgehead atoms. The third kappa shape index (κ3) is 4.43. The molecule has 0 heterocycles. The fourth-order valence-electron chi connectivity index (χ4n) is 2.33. The highest BCUT2D eigenvalue weighted by atomic mass is 16.3. The van der Waals surface area contributed by atoms with Gasteiger partial charge in [-0.05, 0) is 32.1 Å². The molecule has 2 nitrogen and oxygen atoms in total. The van der Waals surface area contributed by atoms with Crippen molar-refractivity contribution in [3.05, 3.63) is 0 Å². The predicted octanol–water partition coefficient (Wildman–Crippen LogP) is 2.32. The Kier molecular flexibility index (Phi) is 5.49. The summed E-state index contributed by atoms with van der Waals surface area (Å²) in [7, 11) is 0. The molecule has 1 rings (SSSR count). The van der Waals surface area contributed by atoms with E-state index >= 15 is 0 Å². The van der Waals surface area contributed by atoms with Crippen LogP contribution in [0.1, 0.15) is 52.4 Å². The van der Waals surface area contributed by atoms with Gasteiger partial charge in [0.05, 0.1) is 6.10 Å². The summed E-state index contributed by atoms with van der Waals surface area (Å²) in [5.41, 5.74) is 0. The number of rotatable bonds is 4. The minimum atomic E-state index is -0.208. The SMILES string of the molecule is CCC1CCCC(NCC(C)O)CC1. The van der Waals surface area contributed by atoms with Crippen LogP contribution in [0.4, 0.5) is 0 Å². The summed E-state index contributed by atoms with van der Waals surface area (Å²) in [4.78, 5) is 0. The Labute approximate surface area is 88.1 Å². The van der Waals surface area contributed by atoms with Crippen LogP contribution in [0, 0.1) is 5.92 Å². The Morgan fingerprint density at radius 1 is 1.29 bits per heavy atom. The molecule has 1 fully saturated rings. The summed E-state index contributed by atoms with van der Waals surface area (Å²) >= 11 is 0. The van der Waals surface area contributed by atoms with Crippen LogP contribution in [-0.2, 0) is 0 Å². The zero-order valence-corrected chi connectivity index (χ0v) is 9.63. The fourth-order valence-corrected chi connectivity index (χ4v) is 2.33. The smallest absolute Gasteiger partial charge is 0.0636 e. The van der Waals surface area contributed by atoms with Crippen molar-refractivity contribution in [1.29, 1.82) is 0 Å². The molecule has 0 aliphatic heterocycles. The second-order valence-corrected chi connectivity index (χ2v) is 4.74. The van der Waals surface area contributed by atoms with E-state index in [4.69, 9.17) is 0 Å². The minimum Gasteiger partial charge on any atom is -0.392 e. The van der Waals surface area contributed by atoms with Crippen molar-refractivity contribution in [2.45, 2.75) is 64.5 Å². The number of hydrogen-bond donors (Lipinski definition) is 2. The lowest BCUT2D eigenvalue weighted by molar-refractivity contribution is 0.184. The fraction of sp³-hybridized carbons (Fsp3) is 1.00. The highest BCUT2D eigenvalue weighted by Gasteiger charge is 2.17. The third-order valence-corrected chi connectivity index (χ3v) is 3.37. The monoisotopic (exact) mass is 199 g/mol. The van der Waals surface area contributed by atoms with Gasteiger partial charge >= 0.3 is 0 Å². The molecule has 14 heavy (non-hydrogen) atoms. The van der Waals surface area contributed by atoms with Crippen LogP contribution < -0.4 is 5.32 Å². The maximum Gasteiger partial charge on any atom is 0.0636 e. The number of aliphatic hydroxyl groups is 1. The van der Waals surface area contributed by atoms with Crippen LogP contribution in [0.5, 0.6) is 0 Å². The summed E-state index contributed by atoms with van der Waals surface area (Å²) in [5.74, 6) is 0.952. The molecule has 3 atom stereocenters. The molecule has 0 radical (unpaired) electrons. The highest BCUT2D eigenvalue weighted by molar-refractivity contribution is 4.74. The molecule has 1 aliphatic carbocycles. The molecule has 0 aromatic rings. The van der Waals surface area contributed by atoms with E-state index in [9.17, 15) is 5.11 Å². The molecule has 3 unspecified atom stereocenters. The summed E-state index contributed by atoms with van der Waals surface area (Å²) in [5, 5.41) is 12.6. The Balaban J connectivity index is 2.20. The van der Waals surface area contributed by atoms with Crippen LogP contribution in [0.15, 0.2) is 0 Å². The van der Waals surface area contributed by atoms with Gasteiger partial charge in [0.25, 0.3) is 0 Å². The maximum absolute atomic E-state index is 9.19. The first-order valence-electron chi connectivity index (χ1n) is 6.13. The van der Waals surface area contributed by atoms with Gasteiger partial charge in [0, 0.05) is 12.6 Å². The number of hydrogen-bond acceptors (Lipinski definition) is 2. The molecule has 2 N–H and O–H groups in total. The van der Waals surface area contributed by atoms with Gasteiger partial charge in [0.2, 0.25) is 0 Å². The first kappa shape index (κ1) is 12.0. The summed E-state index contributed by atoms with van der Waals surface area (Å²) in [6.45, 7) is 4.90. The first-order chi connectivity index (χ1) is 6.72. The molecule has 1 saturated carbocycles. The van der Waals surface area contributed by atoms with Gasteiger partial charge in [-0.2, -0.15) is 0 Å². The van der Waals surface area contributed by atoms with E-state index < -0.39 is 0 Å². The van der Waals surface area contributed by atoms with Crippen molar-refractivity contribution < 1.29 is 5.11 Å². The van der Waals surface area contributed by atoms with Gasteiger partial charge in [-0.3, -0.25) is 0 Å². The third-order valence-electron chi connectivity index (χ3n) is 3.37. The molecule has 0 amide bonds. The predicted molar refractivity (Wildman–Crippen MR) is 60.3 cm³/mol. The van der Waals surface area contributed by atoms with Crippen molar-refractivity contribution in [2.24, 2.45) is 5.92 Å². The first-order valence-corrected chi connectivity index (χ1v) is 6.13. The van der Waals surface area contributed by atoms with Crippen LogP contribution in [-0.4, -0.2) is 23.8 Å². The van der Waals surface area contributed by atoms with Gasteiger partial charge < -0.3 is 10.4 Å². The van der Waals surface area contributed by atoms with Crippen molar-refractivity contribution >= 4 is 0 Å². The largest absolute Gasteiger partial charge is 0.392 e. The Morgan fingerprint density at radius 2 is 2.07 bits per heavy atom. The van der Waals surface area contributed by atoms with Crippen molar-refractivity contribution in [3.8, 4) is 0 Å². The zero-order chi connectivity index (χ0) is 10.4. The zero-order valence-electron chi connectivity index (χ0n) is 9.63. The lowest BCUT2D eigenvalue weighted by atomic mass is 9.98. The second-order valence-electron chi connectivity index (χ2n) is 4.74. The van der Waals surface area contributed by atoms with E-state index in [1.54, 1.807) is 0 Å². The topological polar surface area (TPSA) is 32.3 Å². The van der Waals surface area contributed by atoms with Crippen molar-refractivity contribution in [2.75, 3.05) is 6.54 Å². The normalized spacial score (nSPS) is 31.1. The van der Waals surface area contributed by atoms with Crippen LogP contribution in [0.3, 0.4) is 0 Å². The van der Waals surface area contributed by atoms with E-state index in [-0.39, 0.29) is 6.10 Å². The minimum absolute atomic E-state index is 0.208. The lowest BCUT2D eigenvalue weighted by Gasteiger charge is -2.17. The molecule has 1 aliphatic rings. The van der Waals surface area contributed by atoms with Gasteiger partial charge in [0.1, 0.15) is 0 Å². The van der Waals surface area contributed by atoms with Gasteiger partial charge in [-0.1, -0.05) is 26.2 Å². The van der Waals surface area contributed by atoms with Gasteiger partial charge in [-0.25, -0.2) is 0 Å². The summed E-state index contributed by atoms with van der Waals surface area (Å²) in [6.07, 6.45) is 7.85. The van der Waals surface area contributed by atoms with Crippen molar-refractivity contribution in [1.82, 2.24) is 5.32 Å². The molecule has 0 aromatic heterocycles. The Bertz CT molecular complexity index is 147. The van der Waals surface area contributed by atoms with Gasteiger partial charge in [0.15, 0.2) is 0 Å².